The van der Waals surface area contributed by atoms with Crippen molar-refractivity contribution >= 4 is 39.0 Å². The van der Waals surface area contributed by atoms with Crippen LogP contribution < -0.4 is 4.90 Å². The van der Waals surface area contributed by atoms with Crippen molar-refractivity contribution in [2.24, 2.45) is 0 Å². The first-order valence-corrected chi connectivity index (χ1v) is 6.29. The second kappa shape index (κ2) is 3.60. The second-order valence-corrected chi connectivity index (χ2v) is 5.19. The SMILES string of the molecule is C[C@H]1CCN1c1nc(Br)cn2c(Cl)cnc12. The van der Waals surface area contributed by atoms with E-state index < -0.39 is 0 Å². The van der Waals surface area contributed by atoms with Gasteiger partial charge in [-0.2, -0.15) is 0 Å². The molecular weight excluding hydrogens is 291 g/mol. The number of fused-ring (bicyclic) bond motifs is 1. The summed E-state index contributed by atoms with van der Waals surface area (Å²) < 4.78 is 2.62. The van der Waals surface area contributed by atoms with Crippen molar-refractivity contribution in [3.63, 3.8) is 0 Å². The van der Waals surface area contributed by atoms with E-state index in [1.54, 1.807) is 6.20 Å². The summed E-state index contributed by atoms with van der Waals surface area (Å²) in [5, 5.41) is 0.604. The molecule has 1 aliphatic rings. The molecule has 0 radical (unpaired) electrons. The van der Waals surface area contributed by atoms with Crippen LogP contribution in [0.15, 0.2) is 17.0 Å². The van der Waals surface area contributed by atoms with Gasteiger partial charge in [0.1, 0.15) is 9.76 Å². The third-order valence-corrected chi connectivity index (χ3v) is 3.65. The molecule has 0 N–H and O–H groups in total. The Morgan fingerprint density at radius 1 is 1.56 bits per heavy atom. The fraction of sp³-hybridized carbons (Fsp3) is 0.400. The molecule has 0 saturated carbocycles. The van der Waals surface area contributed by atoms with Gasteiger partial charge in [-0.25, -0.2) is 9.97 Å². The lowest BCUT2D eigenvalue weighted by Gasteiger charge is -2.39. The highest BCUT2D eigenvalue weighted by Gasteiger charge is 2.27. The number of halogens is 2. The number of anilines is 1. The van der Waals surface area contributed by atoms with E-state index in [4.69, 9.17) is 11.6 Å². The van der Waals surface area contributed by atoms with Gasteiger partial charge >= 0.3 is 0 Å². The largest absolute Gasteiger partial charge is 0.351 e. The summed E-state index contributed by atoms with van der Waals surface area (Å²) in [6.07, 6.45) is 4.69. The van der Waals surface area contributed by atoms with Crippen molar-refractivity contribution in [3.05, 3.63) is 22.1 Å². The van der Waals surface area contributed by atoms with Gasteiger partial charge < -0.3 is 4.90 Å². The van der Waals surface area contributed by atoms with Crippen molar-refractivity contribution in [2.45, 2.75) is 19.4 Å². The average Bonchev–Trinajstić information content (AvgIpc) is 2.59. The summed E-state index contributed by atoms with van der Waals surface area (Å²) in [7, 11) is 0. The molecule has 1 saturated heterocycles. The monoisotopic (exact) mass is 300 g/mol. The van der Waals surface area contributed by atoms with Crippen LogP contribution in [-0.4, -0.2) is 27.0 Å². The normalized spacial score (nSPS) is 20.2. The van der Waals surface area contributed by atoms with Crippen LogP contribution in [0, 0.1) is 0 Å². The third kappa shape index (κ3) is 1.42. The molecule has 84 valence electrons. The van der Waals surface area contributed by atoms with E-state index in [-0.39, 0.29) is 0 Å². The lowest BCUT2D eigenvalue weighted by molar-refractivity contribution is 0.476. The van der Waals surface area contributed by atoms with Crippen LogP contribution in [0.1, 0.15) is 13.3 Å². The van der Waals surface area contributed by atoms with Crippen LogP contribution in [0.4, 0.5) is 5.82 Å². The Hall–Kier alpha value is -0.810. The molecule has 2 aromatic rings. The molecule has 3 rings (SSSR count). The Labute approximate surface area is 106 Å². The standard InChI is InChI=1S/C10H10BrClN4/c1-6-2-3-15(6)10-9-13-4-8(12)16(9)5-7(11)14-10/h4-6H,2-3H2,1H3/t6-/m0/s1. The molecule has 0 bridgehead atoms. The Balaban J connectivity index is 2.22. The van der Waals surface area contributed by atoms with Crippen LogP contribution >= 0.6 is 27.5 Å². The second-order valence-electron chi connectivity index (χ2n) is 3.99. The van der Waals surface area contributed by atoms with Crippen molar-refractivity contribution in [3.8, 4) is 0 Å². The smallest absolute Gasteiger partial charge is 0.181 e. The van der Waals surface area contributed by atoms with Gasteiger partial charge in [-0.05, 0) is 29.3 Å². The lowest BCUT2D eigenvalue weighted by atomic mass is 10.1. The number of aromatic nitrogens is 3. The molecule has 0 aliphatic carbocycles. The zero-order chi connectivity index (χ0) is 11.3. The Kier molecular flexibility index (Phi) is 2.33. The number of rotatable bonds is 1. The van der Waals surface area contributed by atoms with Gasteiger partial charge in [-0.1, -0.05) is 11.6 Å². The maximum Gasteiger partial charge on any atom is 0.181 e. The molecule has 1 fully saturated rings. The highest BCUT2D eigenvalue weighted by Crippen LogP contribution is 2.30. The summed E-state index contributed by atoms with van der Waals surface area (Å²) in [5.74, 6) is 0.903. The predicted octanol–water partition coefficient (Wildman–Crippen LogP) is 2.74. The molecule has 1 aliphatic heterocycles. The third-order valence-electron chi connectivity index (χ3n) is 2.99. The molecule has 0 unspecified atom stereocenters. The van der Waals surface area contributed by atoms with Crippen molar-refractivity contribution in [1.82, 2.24) is 14.4 Å². The highest BCUT2D eigenvalue weighted by molar-refractivity contribution is 9.10. The van der Waals surface area contributed by atoms with Crippen LogP contribution in [0.2, 0.25) is 5.15 Å². The minimum atomic E-state index is 0.529. The van der Waals surface area contributed by atoms with Crippen molar-refractivity contribution in [1.29, 1.82) is 0 Å². The van der Waals surface area contributed by atoms with E-state index in [1.807, 2.05) is 10.6 Å². The summed E-state index contributed by atoms with van der Waals surface area (Å²) in [6, 6.07) is 0.529. The van der Waals surface area contributed by atoms with E-state index in [0.29, 0.717) is 11.2 Å². The fourth-order valence-electron chi connectivity index (χ4n) is 1.94. The van der Waals surface area contributed by atoms with Crippen molar-refractivity contribution < 1.29 is 0 Å². The molecule has 1 atom stereocenters. The van der Waals surface area contributed by atoms with Crippen molar-refractivity contribution in [2.75, 3.05) is 11.4 Å². The molecule has 2 aromatic heterocycles. The number of imidazole rings is 1. The Morgan fingerprint density at radius 3 is 3.00 bits per heavy atom. The van der Waals surface area contributed by atoms with Crippen LogP contribution in [-0.2, 0) is 0 Å². The predicted molar refractivity (Wildman–Crippen MR) is 67.1 cm³/mol. The first kappa shape index (κ1) is 10.4. The first-order chi connectivity index (χ1) is 7.66. The number of hydrogen-bond donors (Lipinski definition) is 0. The average molecular weight is 302 g/mol. The van der Waals surface area contributed by atoms with E-state index in [1.165, 1.54) is 6.42 Å². The van der Waals surface area contributed by atoms with E-state index in [2.05, 4.69) is 37.7 Å². The number of nitrogens with zero attached hydrogens (tertiary/aromatic N) is 4. The molecule has 4 nitrogen and oxygen atoms in total. The molecular formula is C10H10BrClN4. The van der Waals surface area contributed by atoms with Gasteiger partial charge in [0.25, 0.3) is 0 Å². The molecule has 0 spiro atoms. The fourth-order valence-corrected chi connectivity index (χ4v) is 2.49. The van der Waals surface area contributed by atoms with Crippen LogP contribution in [0.5, 0.6) is 0 Å². The van der Waals surface area contributed by atoms with Crippen LogP contribution in [0.3, 0.4) is 0 Å². The molecule has 0 aromatic carbocycles. The minimum absolute atomic E-state index is 0.529. The maximum absolute atomic E-state index is 6.05. The lowest BCUT2D eigenvalue weighted by Crippen LogP contribution is -2.46. The van der Waals surface area contributed by atoms with E-state index in [9.17, 15) is 0 Å². The van der Waals surface area contributed by atoms with Gasteiger partial charge in [0.2, 0.25) is 0 Å². The Morgan fingerprint density at radius 2 is 2.38 bits per heavy atom. The van der Waals surface area contributed by atoms with Crippen LogP contribution in [0.25, 0.3) is 5.65 Å². The van der Waals surface area contributed by atoms with Gasteiger partial charge in [0, 0.05) is 18.8 Å². The summed E-state index contributed by atoms with van der Waals surface area (Å²) in [4.78, 5) is 11.0. The molecule has 3 heterocycles. The van der Waals surface area contributed by atoms with Gasteiger partial charge in [-0.3, -0.25) is 4.40 Å². The summed E-state index contributed by atoms with van der Waals surface area (Å²) >= 11 is 9.45. The van der Waals surface area contributed by atoms with Gasteiger partial charge in [0.05, 0.1) is 6.20 Å². The molecule has 16 heavy (non-hydrogen) atoms. The first-order valence-electron chi connectivity index (χ1n) is 5.12. The van der Waals surface area contributed by atoms with Gasteiger partial charge in [0.15, 0.2) is 11.5 Å². The quantitative estimate of drug-likeness (QED) is 0.812. The zero-order valence-corrected chi connectivity index (χ0v) is 11.0. The van der Waals surface area contributed by atoms with Gasteiger partial charge in [-0.15, -0.1) is 0 Å². The minimum Gasteiger partial charge on any atom is -0.351 e. The number of hydrogen-bond acceptors (Lipinski definition) is 3. The topological polar surface area (TPSA) is 33.4 Å². The Bertz CT molecular complexity index is 553. The van der Waals surface area contributed by atoms with E-state index in [0.717, 1.165) is 22.6 Å². The molecule has 6 heteroatoms. The zero-order valence-electron chi connectivity index (χ0n) is 8.69. The summed E-state index contributed by atoms with van der Waals surface area (Å²) in [6.45, 7) is 3.22. The summed E-state index contributed by atoms with van der Waals surface area (Å²) in [5.41, 5.74) is 0.819. The molecule has 0 amide bonds. The highest BCUT2D eigenvalue weighted by atomic mass is 79.9. The maximum atomic E-state index is 6.05. The van der Waals surface area contributed by atoms with E-state index >= 15 is 0 Å².